The van der Waals surface area contributed by atoms with E-state index in [9.17, 15) is 0 Å². The van der Waals surface area contributed by atoms with Crippen LogP contribution in [0.2, 0.25) is 0 Å². The van der Waals surface area contributed by atoms with Crippen molar-refractivity contribution in [3.05, 3.63) is 22.4 Å². The van der Waals surface area contributed by atoms with Gasteiger partial charge in [0.25, 0.3) is 0 Å². The molecule has 2 N–H and O–H groups in total. The summed E-state index contributed by atoms with van der Waals surface area (Å²) in [5.41, 5.74) is 7.09. The van der Waals surface area contributed by atoms with Gasteiger partial charge in [0, 0.05) is 25.5 Å². The molecule has 0 amide bonds. The van der Waals surface area contributed by atoms with E-state index in [1.54, 1.807) is 18.4 Å². The van der Waals surface area contributed by atoms with E-state index >= 15 is 0 Å². The van der Waals surface area contributed by atoms with E-state index in [2.05, 4.69) is 16.8 Å². The molecule has 1 atom stereocenters. The number of thioether (sulfide) groups is 1. The fourth-order valence-corrected chi connectivity index (χ4v) is 3.03. The highest BCUT2D eigenvalue weighted by molar-refractivity contribution is 7.99. The molecular weight excluding hydrogens is 214 g/mol. The summed E-state index contributed by atoms with van der Waals surface area (Å²) in [4.78, 5) is 0. The average molecular weight is 231 g/mol. The van der Waals surface area contributed by atoms with Gasteiger partial charge in [0.05, 0.1) is 0 Å². The maximum Gasteiger partial charge on any atom is 0.0470 e. The van der Waals surface area contributed by atoms with Gasteiger partial charge in [0.1, 0.15) is 0 Å². The van der Waals surface area contributed by atoms with Crippen LogP contribution in [0.25, 0.3) is 0 Å². The normalized spacial score (nSPS) is 13.0. The first-order valence-corrected chi connectivity index (χ1v) is 6.70. The van der Waals surface area contributed by atoms with E-state index in [0.717, 1.165) is 18.8 Å². The maximum atomic E-state index is 5.73. The van der Waals surface area contributed by atoms with E-state index in [1.807, 2.05) is 11.8 Å². The Bertz CT molecular complexity index is 226. The third-order valence-electron chi connectivity index (χ3n) is 1.94. The fraction of sp³-hybridized carbons (Fsp3) is 0.600. The second-order valence-corrected chi connectivity index (χ2v) is 5.09. The van der Waals surface area contributed by atoms with Crippen molar-refractivity contribution in [3.63, 3.8) is 0 Å². The first-order chi connectivity index (χ1) is 6.88. The van der Waals surface area contributed by atoms with Crippen LogP contribution in [0, 0.1) is 0 Å². The minimum atomic E-state index is 0.457. The summed E-state index contributed by atoms with van der Waals surface area (Å²) in [5, 5.41) is 4.74. The Labute approximate surface area is 93.8 Å². The Kier molecular flexibility index (Phi) is 6.27. The van der Waals surface area contributed by atoms with Gasteiger partial charge in [-0.15, -0.1) is 0 Å². The zero-order valence-electron chi connectivity index (χ0n) is 8.44. The molecule has 0 spiro atoms. The van der Waals surface area contributed by atoms with Crippen LogP contribution in [0.3, 0.4) is 0 Å². The molecule has 0 saturated heterocycles. The van der Waals surface area contributed by atoms with Crippen LogP contribution < -0.4 is 5.73 Å². The summed E-state index contributed by atoms with van der Waals surface area (Å²) in [6.45, 7) is 1.56. The second kappa shape index (κ2) is 7.29. The molecule has 1 heterocycles. The van der Waals surface area contributed by atoms with Crippen molar-refractivity contribution in [1.82, 2.24) is 0 Å². The van der Waals surface area contributed by atoms with E-state index in [4.69, 9.17) is 10.5 Å². The molecule has 0 aliphatic rings. The lowest BCUT2D eigenvalue weighted by molar-refractivity contribution is 0.200. The summed E-state index contributed by atoms with van der Waals surface area (Å²) in [6.07, 6.45) is 1.10. The minimum Gasteiger partial charge on any atom is -0.385 e. The van der Waals surface area contributed by atoms with Crippen molar-refractivity contribution in [2.24, 2.45) is 5.73 Å². The molecule has 0 saturated carbocycles. The van der Waals surface area contributed by atoms with Crippen LogP contribution in [0.1, 0.15) is 17.2 Å². The summed E-state index contributed by atoms with van der Waals surface area (Å²) in [6, 6.07) is 2.16. The van der Waals surface area contributed by atoms with Gasteiger partial charge in [-0.1, -0.05) is 0 Å². The van der Waals surface area contributed by atoms with Gasteiger partial charge in [0.2, 0.25) is 0 Å². The monoisotopic (exact) mass is 231 g/mol. The smallest absolute Gasteiger partial charge is 0.0470 e. The van der Waals surface area contributed by atoms with Crippen molar-refractivity contribution < 1.29 is 4.74 Å². The summed E-state index contributed by atoms with van der Waals surface area (Å²) >= 11 is 3.65. The Morgan fingerprint density at radius 3 is 3.07 bits per heavy atom. The first kappa shape index (κ1) is 12.0. The van der Waals surface area contributed by atoms with Crippen molar-refractivity contribution in [2.45, 2.75) is 11.7 Å². The molecule has 1 rings (SSSR count). The van der Waals surface area contributed by atoms with Crippen LogP contribution in [0.4, 0.5) is 0 Å². The number of nitrogens with two attached hydrogens (primary N) is 1. The van der Waals surface area contributed by atoms with Crippen LogP contribution in [0.15, 0.2) is 16.8 Å². The quantitative estimate of drug-likeness (QED) is 0.732. The molecule has 0 fully saturated rings. The third kappa shape index (κ3) is 4.00. The molecular formula is C10H17NOS2. The lowest BCUT2D eigenvalue weighted by Gasteiger charge is -2.12. The van der Waals surface area contributed by atoms with E-state index in [0.29, 0.717) is 11.8 Å². The standard InChI is InChI=1S/C10H17NOS2/c1-12-4-2-5-14-10(7-11)9-3-6-13-8-9/h3,6,8,10H,2,4-5,7,11H2,1H3. The van der Waals surface area contributed by atoms with E-state index < -0.39 is 0 Å². The summed E-state index contributed by atoms with van der Waals surface area (Å²) in [5.74, 6) is 1.12. The molecule has 14 heavy (non-hydrogen) atoms. The molecule has 1 aromatic heterocycles. The fourth-order valence-electron chi connectivity index (χ4n) is 1.19. The Balaban J connectivity index is 2.26. The van der Waals surface area contributed by atoms with Crippen LogP contribution in [-0.4, -0.2) is 26.0 Å². The van der Waals surface area contributed by atoms with Crippen molar-refractivity contribution in [2.75, 3.05) is 26.0 Å². The van der Waals surface area contributed by atoms with Gasteiger partial charge in [0.15, 0.2) is 0 Å². The Morgan fingerprint density at radius 2 is 2.50 bits per heavy atom. The summed E-state index contributed by atoms with van der Waals surface area (Å²) < 4.78 is 5.01. The highest BCUT2D eigenvalue weighted by Gasteiger charge is 2.09. The molecule has 0 aliphatic heterocycles. The van der Waals surface area contributed by atoms with Crippen molar-refractivity contribution in [3.8, 4) is 0 Å². The van der Waals surface area contributed by atoms with Gasteiger partial charge >= 0.3 is 0 Å². The minimum absolute atomic E-state index is 0.457. The number of hydrogen-bond donors (Lipinski definition) is 1. The highest BCUT2D eigenvalue weighted by Crippen LogP contribution is 2.29. The number of rotatable bonds is 7. The number of hydrogen-bond acceptors (Lipinski definition) is 4. The molecule has 0 aliphatic carbocycles. The predicted octanol–water partition coefficient (Wildman–Crippen LogP) is 2.52. The lowest BCUT2D eigenvalue weighted by atomic mass is 10.2. The third-order valence-corrected chi connectivity index (χ3v) is 4.03. The molecule has 2 nitrogen and oxygen atoms in total. The summed E-state index contributed by atoms with van der Waals surface area (Å²) in [7, 11) is 1.74. The Morgan fingerprint density at radius 1 is 1.64 bits per heavy atom. The molecule has 4 heteroatoms. The van der Waals surface area contributed by atoms with Gasteiger partial charge in [-0.3, -0.25) is 0 Å². The number of methoxy groups -OCH3 is 1. The highest BCUT2D eigenvalue weighted by atomic mass is 32.2. The van der Waals surface area contributed by atoms with Crippen molar-refractivity contribution >= 4 is 23.1 Å². The molecule has 0 aromatic carbocycles. The molecule has 80 valence electrons. The molecule has 0 radical (unpaired) electrons. The molecule has 1 unspecified atom stereocenters. The first-order valence-electron chi connectivity index (χ1n) is 4.71. The maximum absolute atomic E-state index is 5.73. The van der Waals surface area contributed by atoms with Gasteiger partial charge in [-0.2, -0.15) is 23.1 Å². The average Bonchev–Trinajstić information content (AvgIpc) is 2.71. The van der Waals surface area contributed by atoms with Gasteiger partial charge in [-0.05, 0) is 34.6 Å². The Hall–Kier alpha value is -0.0300. The van der Waals surface area contributed by atoms with Crippen LogP contribution in [0.5, 0.6) is 0 Å². The zero-order chi connectivity index (χ0) is 10.2. The number of ether oxygens (including phenoxy) is 1. The van der Waals surface area contributed by atoms with Crippen molar-refractivity contribution in [1.29, 1.82) is 0 Å². The van der Waals surface area contributed by atoms with Crippen LogP contribution >= 0.6 is 23.1 Å². The van der Waals surface area contributed by atoms with E-state index in [1.165, 1.54) is 5.56 Å². The van der Waals surface area contributed by atoms with Crippen LogP contribution in [-0.2, 0) is 4.74 Å². The predicted molar refractivity (Wildman–Crippen MR) is 65.1 cm³/mol. The van der Waals surface area contributed by atoms with Gasteiger partial charge < -0.3 is 10.5 Å². The molecule has 1 aromatic rings. The lowest BCUT2D eigenvalue weighted by Crippen LogP contribution is -2.09. The SMILES string of the molecule is COCCCSC(CN)c1ccsc1. The molecule has 0 bridgehead atoms. The largest absolute Gasteiger partial charge is 0.385 e. The van der Waals surface area contributed by atoms with E-state index in [-0.39, 0.29) is 0 Å². The van der Waals surface area contributed by atoms with Gasteiger partial charge in [-0.25, -0.2) is 0 Å². The number of thiophene rings is 1. The zero-order valence-corrected chi connectivity index (χ0v) is 10.1. The topological polar surface area (TPSA) is 35.2 Å². The second-order valence-electron chi connectivity index (χ2n) is 3.00.